The second-order valence-electron chi connectivity index (χ2n) is 3.06. The molecule has 0 spiro atoms. The number of hydrogen-bond donors (Lipinski definition) is 1. The van der Waals surface area contributed by atoms with Gasteiger partial charge in [-0.2, -0.15) is 0 Å². The van der Waals surface area contributed by atoms with E-state index in [0.29, 0.717) is 0 Å². The maximum absolute atomic E-state index is 4.80. The Bertz CT molecular complexity index is 551. The van der Waals surface area contributed by atoms with E-state index in [4.69, 9.17) is 4.52 Å². The maximum Gasteiger partial charge on any atom is 0.124 e. The summed E-state index contributed by atoms with van der Waals surface area (Å²) in [4.78, 5) is 3.07. The lowest BCUT2D eigenvalue weighted by Gasteiger charge is -1.90. The van der Waals surface area contributed by atoms with Crippen molar-refractivity contribution >= 4 is 10.9 Å². The molecule has 0 aliphatic rings. The van der Waals surface area contributed by atoms with Crippen molar-refractivity contribution in [3.63, 3.8) is 0 Å². The van der Waals surface area contributed by atoms with Gasteiger partial charge in [0.15, 0.2) is 0 Å². The second-order valence-corrected chi connectivity index (χ2v) is 3.06. The molecule has 67 valence electrons. The molecule has 1 N–H and O–H groups in total. The number of benzene rings is 1. The number of aromatic amines is 1. The van der Waals surface area contributed by atoms with Crippen molar-refractivity contribution in [2.45, 2.75) is 0 Å². The van der Waals surface area contributed by atoms with E-state index in [2.05, 4.69) is 16.3 Å². The first-order valence-electron chi connectivity index (χ1n) is 4.34. The highest BCUT2D eigenvalue weighted by molar-refractivity contribution is 5.93. The minimum atomic E-state index is 0.808. The molecule has 1 radical (unpaired) electrons. The third-order valence-electron chi connectivity index (χ3n) is 2.21. The van der Waals surface area contributed by atoms with Crippen LogP contribution in [0, 0.1) is 6.20 Å². The van der Waals surface area contributed by atoms with E-state index in [1.807, 2.05) is 30.3 Å². The number of aromatic nitrogens is 2. The molecular weight excluding hydrogens is 176 g/mol. The van der Waals surface area contributed by atoms with Crippen LogP contribution < -0.4 is 0 Å². The van der Waals surface area contributed by atoms with Crippen molar-refractivity contribution in [2.75, 3.05) is 0 Å². The third-order valence-corrected chi connectivity index (χ3v) is 2.21. The summed E-state index contributed by atoms with van der Waals surface area (Å²) >= 11 is 0. The summed E-state index contributed by atoms with van der Waals surface area (Å²) < 4.78 is 4.80. The van der Waals surface area contributed by atoms with Crippen molar-refractivity contribution in [3.8, 4) is 11.3 Å². The first-order chi connectivity index (χ1) is 6.95. The Morgan fingerprint density at radius 1 is 1.21 bits per heavy atom. The fourth-order valence-electron chi connectivity index (χ4n) is 1.55. The molecule has 2 aromatic heterocycles. The molecule has 3 nitrogen and oxygen atoms in total. The van der Waals surface area contributed by atoms with Gasteiger partial charge in [-0.05, 0) is 6.07 Å². The van der Waals surface area contributed by atoms with Gasteiger partial charge in [-0.15, -0.1) is 0 Å². The van der Waals surface area contributed by atoms with Crippen LogP contribution in [0.5, 0.6) is 0 Å². The van der Waals surface area contributed by atoms with Crippen LogP contribution in [-0.2, 0) is 0 Å². The van der Waals surface area contributed by atoms with Crippen LogP contribution in [-0.4, -0.2) is 10.1 Å². The normalized spacial score (nSPS) is 10.9. The van der Waals surface area contributed by atoms with Crippen molar-refractivity contribution in [2.24, 2.45) is 0 Å². The zero-order valence-electron chi connectivity index (χ0n) is 7.32. The van der Waals surface area contributed by atoms with Crippen LogP contribution in [0.3, 0.4) is 0 Å². The average Bonchev–Trinajstić information content (AvgIpc) is 2.85. The van der Waals surface area contributed by atoms with E-state index >= 15 is 0 Å². The lowest BCUT2D eigenvalue weighted by Crippen LogP contribution is -1.72. The monoisotopic (exact) mass is 183 g/mol. The van der Waals surface area contributed by atoms with E-state index in [1.165, 1.54) is 0 Å². The highest BCUT2D eigenvalue weighted by Gasteiger charge is 2.07. The lowest BCUT2D eigenvalue weighted by atomic mass is 10.1. The molecular formula is C11H7N2O. The third kappa shape index (κ3) is 0.956. The molecule has 0 amide bonds. The van der Waals surface area contributed by atoms with E-state index in [1.54, 1.807) is 6.26 Å². The maximum atomic E-state index is 4.80. The van der Waals surface area contributed by atoms with Gasteiger partial charge in [0.25, 0.3) is 0 Å². The summed E-state index contributed by atoms with van der Waals surface area (Å²) in [5, 5.41) is 4.99. The molecule has 0 fully saturated rings. The number of H-pyrrole nitrogens is 1. The lowest BCUT2D eigenvalue weighted by molar-refractivity contribution is 0.422. The standard InChI is InChI=1S/C11H7N2O/c1-2-4-10-8(3-1)9(7-12-10)11-5-6-14-13-11/h1-6,12H. The van der Waals surface area contributed by atoms with E-state index in [0.717, 1.165) is 22.2 Å². The van der Waals surface area contributed by atoms with Crippen LogP contribution in [0.2, 0.25) is 0 Å². The molecule has 0 aliphatic heterocycles. The van der Waals surface area contributed by atoms with Gasteiger partial charge in [0, 0.05) is 22.5 Å². The highest BCUT2D eigenvalue weighted by atomic mass is 16.5. The number of fused-ring (bicyclic) bond motifs is 1. The fourth-order valence-corrected chi connectivity index (χ4v) is 1.55. The average molecular weight is 183 g/mol. The molecule has 0 saturated heterocycles. The molecule has 0 saturated carbocycles. The molecule has 1 aromatic carbocycles. The number of rotatable bonds is 1. The SMILES string of the molecule is [c]1[nH]c2ccccc2c1-c1ccon1. The molecule has 3 rings (SSSR count). The second kappa shape index (κ2) is 2.73. The Balaban J connectivity index is 2.33. The Kier molecular flexibility index (Phi) is 1.44. The molecule has 0 atom stereocenters. The molecule has 0 aliphatic carbocycles. The predicted molar refractivity (Wildman–Crippen MR) is 52.6 cm³/mol. The van der Waals surface area contributed by atoms with Gasteiger partial charge in [0.1, 0.15) is 12.0 Å². The van der Waals surface area contributed by atoms with E-state index < -0.39 is 0 Å². The van der Waals surface area contributed by atoms with Gasteiger partial charge >= 0.3 is 0 Å². The number of nitrogens with zero attached hydrogens (tertiary/aromatic N) is 1. The van der Waals surface area contributed by atoms with Crippen LogP contribution in [0.25, 0.3) is 22.2 Å². The Morgan fingerprint density at radius 2 is 2.14 bits per heavy atom. The first-order valence-corrected chi connectivity index (χ1v) is 4.34. The zero-order chi connectivity index (χ0) is 9.38. The largest absolute Gasteiger partial charge is 0.364 e. The summed E-state index contributed by atoms with van der Waals surface area (Å²) in [5.74, 6) is 0. The summed E-state index contributed by atoms with van der Waals surface area (Å²) in [6, 6.07) is 9.85. The smallest absolute Gasteiger partial charge is 0.124 e. The van der Waals surface area contributed by atoms with Crippen LogP contribution >= 0.6 is 0 Å². The van der Waals surface area contributed by atoms with Gasteiger partial charge in [0.2, 0.25) is 0 Å². The quantitative estimate of drug-likeness (QED) is 0.630. The minimum absolute atomic E-state index is 0.808. The number of nitrogens with one attached hydrogen (secondary N) is 1. The molecule has 0 bridgehead atoms. The highest BCUT2D eigenvalue weighted by Crippen LogP contribution is 2.26. The van der Waals surface area contributed by atoms with Crippen molar-refractivity contribution in [1.29, 1.82) is 0 Å². The summed E-state index contributed by atoms with van der Waals surface area (Å²) in [7, 11) is 0. The molecule has 3 aromatic rings. The van der Waals surface area contributed by atoms with Crippen LogP contribution in [0.15, 0.2) is 41.1 Å². The molecule has 0 unspecified atom stereocenters. The van der Waals surface area contributed by atoms with E-state index in [9.17, 15) is 0 Å². The molecule has 14 heavy (non-hydrogen) atoms. The van der Waals surface area contributed by atoms with E-state index in [-0.39, 0.29) is 0 Å². The minimum Gasteiger partial charge on any atom is -0.364 e. The van der Waals surface area contributed by atoms with Gasteiger partial charge in [-0.25, -0.2) is 0 Å². The number of para-hydroxylation sites is 1. The first kappa shape index (κ1) is 7.38. The topological polar surface area (TPSA) is 41.8 Å². The van der Waals surface area contributed by atoms with Gasteiger partial charge in [-0.3, -0.25) is 0 Å². The van der Waals surface area contributed by atoms with Gasteiger partial charge in [0.05, 0.1) is 6.20 Å². The van der Waals surface area contributed by atoms with Crippen LogP contribution in [0.1, 0.15) is 0 Å². The van der Waals surface area contributed by atoms with Gasteiger partial charge in [-0.1, -0.05) is 23.4 Å². The summed E-state index contributed by atoms with van der Waals surface area (Å²) in [6.45, 7) is 0. The Hall–Kier alpha value is -2.03. The fraction of sp³-hybridized carbons (Fsp3) is 0. The molecule has 3 heteroatoms. The summed E-state index contributed by atoms with van der Waals surface area (Å²) in [6.07, 6.45) is 4.63. The van der Waals surface area contributed by atoms with Crippen molar-refractivity contribution < 1.29 is 4.52 Å². The summed E-state index contributed by atoms with van der Waals surface area (Å²) in [5.41, 5.74) is 2.82. The Labute approximate surface area is 80.3 Å². The molecule has 2 heterocycles. The van der Waals surface area contributed by atoms with Crippen molar-refractivity contribution in [3.05, 3.63) is 42.8 Å². The predicted octanol–water partition coefficient (Wildman–Crippen LogP) is 2.62. The van der Waals surface area contributed by atoms with Crippen molar-refractivity contribution in [1.82, 2.24) is 10.1 Å². The Morgan fingerprint density at radius 3 is 3.00 bits per heavy atom. The van der Waals surface area contributed by atoms with Gasteiger partial charge < -0.3 is 9.51 Å². The zero-order valence-corrected chi connectivity index (χ0v) is 7.32. The van der Waals surface area contributed by atoms with Crippen LogP contribution in [0.4, 0.5) is 0 Å². The number of hydrogen-bond acceptors (Lipinski definition) is 2.